The summed E-state index contributed by atoms with van der Waals surface area (Å²) < 4.78 is 56.7. The Hall–Kier alpha value is -14.0. The maximum atomic E-state index is 7.25. The fraction of sp³-hybridized carbons (Fsp3) is 0.0769. The second-order valence-corrected chi connectivity index (χ2v) is 35.6. The van der Waals surface area contributed by atoms with Crippen LogP contribution < -0.4 is 162 Å². The fourth-order valence-electron chi connectivity index (χ4n) is 21.0. The third-order valence-corrected chi connectivity index (χ3v) is 27.2. The molecule has 0 saturated heterocycles. The summed E-state index contributed by atoms with van der Waals surface area (Å²) in [6.45, 7) is 14.2. The first kappa shape index (κ1) is 87.5. The van der Waals surface area contributed by atoms with E-state index in [1.807, 2.05) is 231 Å². The Morgan fingerprint density at radius 2 is 0.436 bits per heavy atom. The van der Waals surface area contributed by atoms with Gasteiger partial charge >= 0.3 is 84.3 Å². The number of nitrogens with zero attached hydrogens (tertiary/aromatic N) is 20. The minimum Gasteiger partial charge on any atom is -0.514 e. The van der Waals surface area contributed by atoms with Gasteiger partial charge in [-0.2, -0.15) is 102 Å². The van der Waals surface area contributed by atoms with Gasteiger partial charge in [0, 0.05) is 90.3 Å². The van der Waals surface area contributed by atoms with Crippen molar-refractivity contribution in [3.8, 4) is 92.5 Å². The zero-order valence-corrected chi connectivity index (χ0v) is 84.3. The number of anilines is 16. The molecule has 4 aromatic heterocycles. The van der Waals surface area contributed by atoms with Crippen molar-refractivity contribution in [1.29, 1.82) is 0 Å². The molecular formula is C104H68B4N20O8Pt4. The normalized spacial score (nSPS) is 16.5. The summed E-state index contributed by atoms with van der Waals surface area (Å²) in [5, 5.41) is 0. The molecule has 0 bridgehead atoms. The van der Waals surface area contributed by atoms with Crippen LogP contribution in [0.15, 0.2) is 220 Å². The molecule has 0 atom stereocenters. The summed E-state index contributed by atoms with van der Waals surface area (Å²) in [6.07, 6.45) is 23.1. The first-order valence-corrected chi connectivity index (χ1v) is 44.4. The number of benzene rings is 10. The first-order chi connectivity index (χ1) is 66.6. The molecular weight excluding hydrogens is 2480 g/mol. The van der Waals surface area contributed by atoms with Crippen LogP contribution in [0.3, 0.4) is 0 Å². The molecule has 140 heavy (non-hydrogen) atoms. The summed E-state index contributed by atoms with van der Waals surface area (Å²) in [6, 6.07) is 79.6. The van der Waals surface area contributed by atoms with Gasteiger partial charge in [-0.3, -0.25) is 0 Å². The smallest absolute Gasteiger partial charge is 0.514 e. The molecule has 10 aromatic carbocycles. The number of para-hydroxylation sites is 8. The van der Waals surface area contributed by atoms with Crippen LogP contribution in [0, 0.1) is 102 Å². The Morgan fingerprint density at radius 3 is 0.700 bits per heavy atom. The Bertz CT molecular complexity index is 6920. The van der Waals surface area contributed by atoms with Crippen molar-refractivity contribution in [1.82, 2.24) is 39.5 Å². The maximum absolute atomic E-state index is 7.25. The predicted octanol–water partition coefficient (Wildman–Crippen LogP) is 10.5. The molecule has 0 N–H and O–H groups in total. The largest absolute Gasteiger partial charge is 4.00 e. The van der Waals surface area contributed by atoms with Gasteiger partial charge in [-0.1, -0.05) is 96.1 Å². The molecule has 36 heteroatoms. The molecule has 0 amide bonds. The molecule has 0 spiro atoms. The summed E-state index contributed by atoms with van der Waals surface area (Å²) in [5.41, 5.74) is 23.8. The van der Waals surface area contributed by atoms with E-state index < -0.39 is 26.9 Å². The van der Waals surface area contributed by atoms with Crippen LogP contribution in [0.1, 0.15) is 0 Å². The molecule has 684 valence electrons. The molecule has 0 unspecified atom stereocenters. The van der Waals surface area contributed by atoms with Crippen molar-refractivity contribution in [3.05, 3.63) is 322 Å². The zero-order valence-electron chi connectivity index (χ0n) is 75.2. The van der Waals surface area contributed by atoms with Gasteiger partial charge in [0.05, 0.1) is 23.5 Å². The summed E-state index contributed by atoms with van der Waals surface area (Å²) in [4.78, 5) is 53.1. The average Bonchev–Trinajstić information content (AvgIpc) is 1.14. The van der Waals surface area contributed by atoms with Crippen molar-refractivity contribution in [2.24, 2.45) is 0 Å². The third kappa shape index (κ3) is 13.1. The van der Waals surface area contributed by atoms with Crippen molar-refractivity contribution in [2.45, 2.75) is 0 Å². The van der Waals surface area contributed by atoms with E-state index in [0.717, 1.165) is 146 Å². The van der Waals surface area contributed by atoms with E-state index in [1.54, 1.807) is 12.4 Å². The molecule has 0 fully saturated rings. The minimum atomic E-state index is -0.549. The topological polar surface area (TPSA) is 177 Å². The minimum absolute atomic E-state index is 0. The van der Waals surface area contributed by atoms with Crippen molar-refractivity contribution >= 4 is 183 Å². The Labute approximate surface area is 867 Å². The SMILES string of the molecule is CN1C=CN(c2[c-]c3c(cc2)Oc2c4c5c(c6c2B3c2[c-]c(N3C=CN(C)[CH-]3)cnc2O6)Oc2ccc(N3C=CN(C)[CH-]3)[c-]c2B5c2[c-]c(N3C=CN(C)[CH-]3)cnc2O4)[CH-]1.CN1[CH-]N(c2[c-]c3c(cc2)Oc2c4c5c(c6c2B3c2[c-]c(N3[CH-]N(C)c7ccccc73)cnc2O6)Oc2ccc(N3[CH-]N(C)c6ccccc63)[c-]c2B5c2[c-]c(N3[CH-]N(C)c5ccccc53)cnc2O4)c2ccccc21.[Pt+4].[Pt+4].[Pt+4].[Pt+4]. The van der Waals surface area contributed by atoms with Gasteiger partial charge < -0.3 is 136 Å². The monoisotopic (exact) mass is 2550 g/mol. The number of aromatic nitrogens is 4. The van der Waals surface area contributed by atoms with Crippen LogP contribution in [-0.2, 0) is 84.3 Å². The quantitative estimate of drug-likeness (QED) is 0.104. The van der Waals surface area contributed by atoms with E-state index in [0.29, 0.717) is 103 Å². The van der Waals surface area contributed by atoms with E-state index in [1.165, 1.54) is 0 Å². The fourth-order valence-corrected chi connectivity index (χ4v) is 21.0. The first-order valence-electron chi connectivity index (χ1n) is 44.4. The van der Waals surface area contributed by atoms with Crippen molar-refractivity contribution in [3.63, 3.8) is 0 Å². The number of rotatable bonds is 8. The molecule has 14 aromatic rings. The van der Waals surface area contributed by atoms with E-state index in [4.69, 9.17) is 57.8 Å². The molecule has 20 heterocycles. The van der Waals surface area contributed by atoms with Crippen LogP contribution in [0.5, 0.6) is 92.5 Å². The standard InChI is InChI=1S/C60H38B2N10O4.C44H30B2N10O4.4Pt/c1-65-31-69(47-17-9-5-13-43(47)65)35-21-23-51-39(25-35)61-41-27-37(71-33-67(3)45-15-7-11-19-49(45)71)29-63-59(41)75-57-53(61)55(73-51)58-54-56(57)74-52-24-22-36(70-32-66(2)44-14-6-10-18-48(44)70)26-40(52)62(54)42-28-38(30-64-60(42)76-58)72-34-68(4)46-16-8-12-20-50(46)72;1-49-9-13-53(23-49)27-5-7-35-31(17-27)45-33-19-29(55-15-11-51(3)25-55)21-47-43(33)59-41-37(45)39(57-35)42-38-40(41)58-36-8-6-28(54-14-10-50(2)24-54)18-32(36)46(38)34-20-30(22-48-44(34)60-42)56-16-12-52(4)26-56;;;;/h5-24,29-34H,1-4H3;5-16,21-26H,1-4H3;;;;/q2*-8;4*+4. The molecule has 16 aliphatic heterocycles. The predicted molar refractivity (Wildman–Crippen MR) is 525 cm³/mol. The van der Waals surface area contributed by atoms with Crippen LogP contribution in [0.2, 0.25) is 0 Å². The number of ether oxygens (including phenoxy) is 8. The average molecular weight is 2550 g/mol. The van der Waals surface area contributed by atoms with Gasteiger partial charge in [0.25, 0.3) is 0 Å². The molecule has 0 aliphatic carbocycles. The summed E-state index contributed by atoms with van der Waals surface area (Å²) in [7, 11) is 16.1. The number of pyridine rings is 4. The van der Waals surface area contributed by atoms with E-state index >= 15 is 0 Å². The Balaban J connectivity index is 0.000000147. The van der Waals surface area contributed by atoms with Crippen LogP contribution >= 0.6 is 0 Å². The summed E-state index contributed by atoms with van der Waals surface area (Å²) in [5.74, 6) is 8.02. The van der Waals surface area contributed by atoms with Crippen molar-refractivity contribution in [2.75, 3.05) is 115 Å². The number of hydrogen-bond acceptors (Lipinski definition) is 28. The number of fused-ring (bicyclic) bond motifs is 24. The Kier molecular flexibility index (Phi) is 20.5. The van der Waals surface area contributed by atoms with Gasteiger partial charge in [-0.15, -0.1) is 115 Å². The maximum Gasteiger partial charge on any atom is 4.00 e. The van der Waals surface area contributed by atoms with Crippen LogP contribution in [-0.4, -0.2) is 123 Å². The van der Waals surface area contributed by atoms with E-state index in [-0.39, 0.29) is 84.3 Å². The summed E-state index contributed by atoms with van der Waals surface area (Å²) >= 11 is 0. The van der Waals surface area contributed by atoms with Gasteiger partial charge in [0.1, 0.15) is 0 Å². The van der Waals surface area contributed by atoms with Crippen LogP contribution in [0.25, 0.3) is 0 Å². The Morgan fingerprint density at radius 1 is 0.221 bits per heavy atom. The van der Waals surface area contributed by atoms with Gasteiger partial charge in [0.15, 0.2) is 46.0 Å². The van der Waals surface area contributed by atoms with E-state index in [9.17, 15) is 0 Å². The number of hydrogen-bond donors (Lipinski definition) is 0. The molecule has 16 aliphatic rings. The second kappa shape index (κ2) is 32.8. The third-order valence-electron chi connectivity index (χ3n) is 27.2. The zero-order chi connectivity index (χ0) is 90.2. The molecule has 28 nitrogen and oxygen atoms in total. The molecule has 0 radical (unpaired) electrons. The van der Waals surface area contributed by atoms with Crippen molar-refractivity contribution < 1.29 is 122 Å². The van der Waals surface area contributed by atoms with Crippen LogP contribution in [0.4, 0.5) is 91.0 Å². The second-order valence-electron chi connectivity index (χ2n) is 35.6. The van der Waals surface area contributed by atoms with Gasteiger partial charge in [0.2, 0.25) is 26.9 Å². The van der Waals surface area contributed by atoms with Gasteiger partial charge in [-0.25, -0.2) is 0 Å². The molecule has 30 rings (SSSR count). The molecule has 0 saturated carbocycles. The van der Waals surface area contributed by atoms with Gasteiger partial charge in [-0.05, 0) is 155 Å². The van der Waals surface area contributed by atoms with E-state index in [2.05, 4.69) is 213 Å².